The molecule has 2 rings (SSSR count). The zero-order valence-electron chi connectivity index (χ0n) is 8.42. The predicted octanol–water partition coefficient (Wildman–Crippen LogP) is 1.40. The van der Waals surface area contributed by atoms with Crippen molar-refractivity contribution in [2.24, 2.45) is 10.8 Å². The molecule has 0 radical (unpaired) electrons. The van der Waals surface area contributed by atoms with Crippen molar-refractivity contribution in [3.05, 3.63) is 42.1 Å². The van der Waals surface area contributed by atoms with Crippen molar-refractivity contribution in [3.63, 3.8) is 0 Å². The number of rotatable bonds is 2. The number of thiocarbonyl (C=S) groups is 1. The average Bonchev–Trinajstić information content (AvgIpc) is 2.28. The van der Waals surface area contributed by atoms with E-state index in [0.29, 0.717) is 0 Å². The Kier molecular flexibility index (Phi) is 3.07. The molecule has 0 saturated heterocycles. The number of pyridine rings is 1. The highest BCUT2D eigenvalue weighted by Crippen LogP contribution is 2.10. The lowest BCUT2D eigenvalue weighted by molar-refractivity contribution is 1.04. The zero-order chi connectivity index (χ0) is 11.4. The lowest BCUT2D eigenvalue weighted by Gasteiger charge is -1.98. The zero-order valence-corrected chi connectivity index (χ0v) is 9.24. The Morgan fingerprint density at radius 1 is 1.31 bits per heavy atom. The summed E-state index contributed by atoms with van der Waals surface area (Å²) in [5.41, 5.74) is 9.40. The summed E-state index contributed by atoms with van der Waals surface area (Å²) in [5.74, 6) is 0. The maximum absolute atomic E-state index is 5.23. The molecule has 0 atom stereocenters. The molecule has 1 heterocycles. The summed E-state index contributed by atoms with van der Waals surface area (Å²) < 4.78 is 0. The molecule has 0 aliphatic heterocycles. The van der Waals surface area contributed by atoms with E-state index in [1.165, 1.54) is 0 Å². The van der Waals surface area contributed by atoms with Crippen LogP contribution < -0.4 is 11.2 Å². The molecular formula is C11H10N4S. The standard InChI is InChI=1S/C11H10N4S/c12-11(16)15-13-7-9-6-5-8-3-1-2-4-10(8)14-9/h1-7H,(H3,12,15,16)/b13-7-. The van der Waals surface area contributed by atoms with E-state index in [-0.39, 0.29) is 5.11 Å². The Morgan fingerprint density at radius 3 is 2.94 bits per heavy atom. The van der Waals surface area contributed by atoms with Crippen LogP contribution in [-0.2, 0) is 0 Å². The van der Waals surface area contributed by atoms with E-state index in [9.17, 15) is 0 Å². The number of hydrogen-bond donors (Lipinski definition) is 2. The summed E-state index contributed by atoms with van der Waals surface area (Å²) in [6.07, 6.45) is 1.58. The van der Waals surface area contributed by atoms with Crippen LogP contribution in [0.5, 0.6) is 0 Å². The van der Waals surface area contributed by atoms with Gasteiger partial charge in [-0.1, -0.05) is 24.3 Å². The van der Waals surface area contributed by atoms with Crippen LogP contribution >= 0.6 is 12.2 Å². The number of para-hydroxylation sites is 1. The van der Waals surface area contributed by atoms with Gasteiger partial charge in [-0.2, -0.15) is 5.10 Å². The monoisotopic (exact) mass is 230 g/mol. The van der Waals surface area contributed by atoms with Gasteiger partial charge in [-0.15, -0.1) is 0 Å². The molecule has 1 aromatic carbocycles. The highest BCUT2D eigenvalue weighted by atomic mass is 32.1. The second-order valence-corrected chi connectivity index (χ2v) is 3.60. The van der Waals surface area contributed by atoms with Crippen molar-refractivity contribution in [3.8, 4) is 0 Å². The summed E-state index contributed by atoms with van der Waals surface area (Å²) in [6, 6.07) is 11.8. The predicted molar refractivity (Wildman–Crippen MR) is 69.3 cm³/mol. The van der Waals surface area contributed by atoms with Crippen molar-refractivity contribution in [1.82, 2.24) is 10.4 Å². The first-order valence-electron chi connectivity index (χ1n) is 4.70. The van der Waals surface area contributed by atoms with Crippen molar-refractivity contribution in [1.29, 1.82) is 0 Å². The van der Waals surface area contributed by atoms with Crippen LogP contribution in [0.4, 0.5) is 0 Å². The fraction of sp³-hybridized carbons (Fsp3) is 0. The highest BCUT2D eigenvalue weighted by molar-refractivity contribution is 7.80. The first-order valence-corrected chi connectivity index (χ1v) is 5.11. The van der Waals surface area contributed by atoms with Gasteiger partial charge < -0.3 is 5.73 Å². The summed E-state index contributed by atoms with van der Waals surface area (Å²) in [6.45, 7) is 0. The van der Waals surface area contributed by atoms with Gasteiger partial charge in [-0.3, -0.25) is 5.43 Å². The maximum atomic E-state index is 5.23. The third-order valence-corrected chi connectivity index (χ3v) is 2.08. The lowest BCUT2D eigenvalue weighted by atomic mass is 10.2. The summed E-state index contributed by atoms with van der Waals surface area (Å²) in [7, 11) is 0. The summed E-state index contributed by atoms with van der Waals surface area (Å²) in [4.78, 5) is 4.40. The molecule has 1 aromatic heterocycles. The van der Waals surface area contributed by atoms with E-state index >= 15 is 0 Å². The van der Waals surface area contributed by atoms with Gasteiger partial charge in [-0.25, -0.2) is 4.98 Å². The fourth-order valence-corrected chi connectivity index (χ4v) is 1.37. The van der Waals surface area contributed by atoms with Crippen LogP contribution in [0.25, 0.3) is 10.9 Å². The molecule has 2 aromatic rings. The number of benzene rings is 1. The average molecular weight is 230 g/mol. The quantitative estimate of drug-likeness (QED) is 0.465. The largest absolute Gasteiger partial charge is 0.375 e. The number of fused-ring (bicyclic) bond motifs is 1. The van der Waals surface area contributed by atoms with Crippen molar-refractivity contribution in [2.75, 3.05) is 0 Å². The molecule has 0 spiro atoms. The van der Waals surface area contributed by atoms with Crippen molar-refractivity contribution >= 4 is 34.4 Å². The van der Waals surface area contributed by atoms with E-state index in [1.54, 1.807) is 6.21 Å². The van der Waals surface area contributed by atoms with E-state index in [0.717, 1.165) is 16.6 Å². The minimum absolute atomic E-state index is 0.136. The minimum Gasteiger partial charge on any atom is -0.375 e. The minimum atomic E-state index is 0.136. The van der Waals surface area contributed by atoms with Gasteiger partial charge in [0.05, 0.1) is 17.4 Å². The molecule has 3 N–H and O–H groups in total. The van der Waals surface area contributed by atoms with E-state index in [1.807, 2.05) is 36.4 Å². The first-order chi connectivity index (χ1) is 7.75. The van der Waals surface area contributed by atoms with Gasteiger partial charge in [0.2, 0.25) is 0 Å². The number of nitrogens with one attached hydrogen (secondary N) is 1. The van der Waals surface area contributed by atoms with Crippen LogP contribution in [0.1, 0.15) is 5.69 Å². The Labute approximate surface area is 98.2 Å². The Morgan fingerprint density at radius 2 is 2.12 bits per heavy atom. The molecule has 0 fully saturated rings. The molecule has 16 heavy (non-hydrogen) atoms. The second-order valence-electron chi connectivity index (χ2n) is 3.16. The van der Waals surface area contributed by atoms with Gasteiger partial charge in [0, 0.05) is 5.39 Å². The van der Waals surface area contributed by atoms with Gasteiger partial charge >= 0.3 is 0 Å². The first kappa shape index (κ1) is 10.5. The molecule has 0 bridgehead atoms. The highest BCUT2D eigenvalue weighted by Gasteiger charge is 1.94. The normalized spacial score (nSPS) is 10.8. The van der Waals surface area contributed by atoms with Crippen LogP contribution in [0, 0.1) is 0 Å². The molecule has 80 valence electrons. The van der Waals surface area contributed by atoms with Crippen molar-refractivity contribution < 1.29 is 0 Å². The SMILES string of the molecule is NC(=S)N/N=C\c1ccc2ccccc2n1. The second kappa shape index (κ2) is 4.67. The molecular weight excluding hydrogens is 220 g/mol. The summed E-state index contributed by atoms with van der Waals surface area (Å²) in [5, 5.41) is 5.08. The number of hydrazone groups is 1. The smallest absolute Gasteiger partial charge is 0.184 e. The van der Waals surface area contributed by atoms with E-state index < -0.39 is 0 Å². The molecule has 0 aliphatic rings. The summed E-state index contributed by atoms with van der Waals surface area (Å²) >= 11 is 4.62. The third kappa shape index (κ3) is 2.52. The van der Waals surface area contributed by atoms with Crippen molar-refractivity contribution in [2.45, 2.75) is 0 Å². The number of nitrogens with two attached hydrogens (primary N) is 1. The molecule has 4 nitrogen and oxygen atoms in total. The maximum Gasteiger partial charge on any atom is 0.184 e. The Hall–Kier alpha value is -2.01. The molecule has 0 unspecified atom stereocenters. The van der Waals surface area contributed by atoms with E-state index in [2.05, 4.69) is 27.7 Å². The van der Waals surface area contributed by atoms with Crippen LogP contribution in [0.2, 0.25) is 0 Å². The van der Waals surface area contributed by atoms with Crippen LogP contribution in [-0.4, -0.2) is 16.3 Å². The van der Waals surface area contributed by atoms with Gasteiger partial charge in [-0.05, 0) is 24.4 Å². The Bertz CT molecular complexity index is 550. The fourth-order valence-electron chi connectivity index (χ4n) is 1.32. The third-order valence-electron chi connectivity index (χ3n) is 1.99. The topological polar surface area (TPSA) is 63.3 Å². The molecule has 5 heteroatoms. The number of hydrogen-bond acceptors (Lipinski definition) is 3. The van der Waals surface area contributed by atoms with Gasteiger partial charge in [0.15, 0.2) is 5.11 Å². The van der Waals surface area contributed by atoms with Crippen LogP contribution in [0.15, 0.2) is 41.5 Å². The number of aromatic nitrogens is 1. The Balaban J connectivity index is 2.26. The molecule has 0 amide bonds. The van der Waals surface area contributed by atoms with E-state index in [4.69, 9.17) is 5.73 Å². The number of nitrogens with zero attached hydrogens (tertiary/aromatic N) is 2. The van der Waals surface area contributed by atoms with Crippen LogP contribution in [0.3, 0.4) is 0 Å². The molecule has 0 aliphatic carbocycles. The van der Waals surface area contributed by atoms with Gasteiger partial charge in [0.25, 0.3) is 0 Å². The van der Waals surface area contributed by atoms with Gasteiger partial charge in [0.1, 0.15) is 0 Å². The molecule has 0 saturated carbocycles. The lowest BCUT2D eigenvalue weighted by Crippen LogP contribution is -2.24.